The van der Waals surface area contributed by atoms with Crippen LogP contribution in [0.5, 0.6) is 0 Å². The predicted octanol–water partition coefficient (Wildman–Crippen LogP) is 4.61. The summed E-state index contributed by atoms with van der Waals surface area (Å²) in [4.78, 5) is 21.2. The Bertz CT molecular complexity index is 751. The van der Waals surface area contributed by atoms with E-state index in [1.807, 2.05) is 32.9 Å². The molecule has 2 rings (SSSR count). The molecular formula is C18H19IO4. The van der Waals surface area contributed by atoms with Gasteiger partial charge in [0.1, 0.15) is 0 Å². The first-order valence-corrected chi connectivity index (χ1v) is 8.02. The summed E-state index contributed by atoms with van der Waals surface area (Å²) in [6, 6.07) is 8.89. The van der Waals surface area contributed by atoms with E-state index in [0.717, 1.165) is 25.8 Å². The van der Waals surface area contributed by atoms with Gasteiger partial charge < -0.3 is 10.2 Å². The number of hydrogen-bond donors (Lipinski definition) is 2. The third-order valence-electron chi connectivity index (χ3n) is 3.35. The van der Waals surface area contributed by atoms with Crippen LogP contribution < -0.4 is 0 Å². The van der Waals surface area contributed by atoms with Crippen molar-refractivity contribution < 1.29 is 19.8 Å². The highest BCUT2D eigenvalue weighted by molar-refractivity contribution is 14.1. The van der Waals surface area contributed by atoms with E-state index in [0.29, 0.717) is 11.1 Å². The number of aryl methyl sites for hydroxylation is 4. The van der Waals surface area contributed by atoms with Gasteiger partial charge in [-0.25, -0.2) is 9.59 Å². The van der Waals surface area contributed by atoms with Crippen molar-refractivity contribution >= 4 is 34.5 Å². The first-order valence-electron chi connectivity index (χ1n) is 6.94. The average Bonchev–Trinajstić information content (AvgIpc) is 2.42. The van der Waals surface area contributed by atoms with Crippen molar-refractivity contribution in [2.75, 3.05) is 0 Å². The summed E-state index contributed by atoms with van der Waals surface area (Å²) in [5.74, 6) is -1.71. The van der Waals surface area contributed by atoms with Crippen molar-refractivity contribution in [3.8, 4) is 0 Å². The van der Waals surface area contributed by atoms with Gasteiger partial charge in [-0.3, -0.25) is 0 Å². The minimum atomic E-state index is -0.859. The summed E-state index contributed by atoms with van der Waals surface area (Å²) in [5.41, 5.74) is 4.63. The van der Waals surface area contributed by atoms with Crippen LogP contribution in [-0.4, -0.2) is 22.2 Å². The molecule has 2 aromatic carbocycles. The van der Waals surface area contributed by atoms with Crippen LogP contribution in [0.4, 0.5) is 0 Å². The molecule has 2 aromatic rings. The summed E-state index contributed by atoms with van der Waals surface area (Å²) in [7, 11) is 0. The molecule has 0 fully saturated rings. The third-order valence-corrected chi connectivity index (χ3v) is 4.51. The maximum absolute atomic E-state index is 10.7. The second-order valence-corrected chi connectivity index (χ2v) is 6.51. The number of carboxylic acids is 2. The number of carboxylic acid groups (broad SMARTS) is 2. The molecule has 0 atom stereocenters. The summed E-state index contributed by atoms with van der Waals surface area (Å²) >= 11 is 2.14. The molecule has 0 saturated carbocycles. The minimum absolute atomic E-state index is 0.385. The van der Waals surface area contributed by atoms with E-state index in [9.17, 15) is 9.59 Å². The van der Waals surface area contributed by atoms with Crippen molar-refractivity contribution in [1.82, 2.24) is 0 Å². The molecule has 0 unspecified atom stereocenters. The molecule has 122 valence electrons. The van der Waals surface area contributed by atoms with E-state index in [2.05, 4.69) is 22.6 Å². The normalized spacial score (nSPS) is 9.78. The fraction of sp³-hybridized carbons (Fsp3) is 0.222. The molecule has 0 aliphatic heterocycles. The second kappa shape index (κ2) is 8.10. The Morgan fingerprint density at radius 2 is 1.30 bits per heavy atom. The van der Waals surface area contributed by atoms with E-state index in [-0.39, 0.29) is 0 Å². The van der Waals surface area contributed by atoms with Gasteiger partial charge >= 0.3 is 11.9 Å². The van der Waals surface area contributed by atoms with Crippen LogP contribution in [-0.2, 0) is 0 Å². The summed E-state index contributed by atoms with van der Waals surface area (Å²) in [6.07, 6.45) is 0. The largest absolute Gasteiger partial charge is 0.478 e. The number of hydrogen-bond acceptors (Lipinski definition) is 2. The van der Waals surface area contributed by atoms with Gasteiger partial charge in [-0.2, -0.15) is 0 Å². The molecule has 0 aliphatic rings. The fourth-order valence-electron chi connectivity index (χ4n) is 2.11. The van der Waals surface area contributed by atoms with E-state index in [4.69, 9.17) is 10.2 Å². The molecule has 0 heterocycles. The molecule has 0 radical (unpaired) electrons. The summed E-state index contributed by atoms with van der Waals surface area (Å²) < 4.78 is 0.996. The monoisotopic (exact) mass is 426 g/mol. The van der Waals surface area contributed by atoms with Gasteiger partial charge in [0.05, 0.1) is 11.1 Å². The average molecular weight is 426 g/mol. The second-order valence-electron chi connectivity index (χ2n) is 5.34. The lowest BCUT2D eigenvalue weighted by atomic mass is 10.1. The molecule has 0 bridgehead atoms. The maximum atomic E-state index is 10.7. The molecule has 0 spiro atoms. The Hall–Kier alpha value is -1.89. The molecule has 5 heteroatoms. The van der Waals surface area contributed by atoms with Crippen molar-refractivity contribution in [1.29, 1.82) is 0 Å². The SMILES string of the molecule is Cc1cc(C)c(C(=O)O)cc1I.Cc1ccc(C(=O)O)c(C)c1. The van der Waals surface area contributed by atoms with Crippen LogP contribution in [0.25, 0.3) is 0 Å². The Balaban J connectivity index is 0.000000231. The molecule has 0 saturated heterocycles. The van der Waals surface area contributed by atoms with Crippen molar-refractivity contribution in [3.63, 3.8) is 0 Å². The van der Waals surface area contributed by atoms with E-state index >= 15 is 0 Å². The van der Waals surface area contributed by atoms with Gasteiger partial charge in [0, 0.05) is 3.57 Å². The molecular weight excluding hydrogens is 407 g/mol. The molecule has 0 amide bonds. The standard InChI is InChI=1S/C9H9IO2.C9H10O2/c1-5-3-6(2)8(10)4-7(5)9(11)12;1-6-3-4-8(9(10)11)7(2)5-6/h3-4H,1-2H3,(H,11,12);3-5H,1-2H3,(H,10,11). The number of benzene rings is 2. The lowest BCUT2D eigenvalue weighted by Crippen LogP contribution is -2.01. The van der Waals surface area contributed by atoms with Gasteiger partial charge in [0.2, 0.25) is 0 Å². The lowest BCUT2D eigenvalue weighted by molar-refractivity contribution is 0.0685. The highest BCUT2D eigenvalue weighted by Crippen LogP contribution is 2.17. The third kappa shape index (κ3) is 5.35. The number of halogens is 1. The number of aromatic carboxylic acids is 2. The topological polar surface area (TPSA) is 74.6 Å². The van der Waals surface area contributed by atoms with Crippen LogP contribution in [0.2, 0.25) is 0 Å². The van der Waals surface area contributed by atoms with Crippen molar-refractivity contribution in [3.05, 3.63) is 67.3 Å². The molecule has 0 aromatic heterocycles. The first kappa shape index (κ1) is 19.2. The van der Waals surface area contributed by atoms with Crippen molar-refractivity contribution in [2.45, 2.75) is 27.7 Å². The van der Waals surface area contributed by atoms with Crippen molar-refractivity contribution in [2.24, 2.45) is 0 Å². The van der Waals surface area contributed by atoms with Crippen LogP contribution >= 0.6 is 22.6 Å². The minimum Gasteiger partial charge on any atom is -0.478 e. The number of rotatable bonds is 2. The van der Waals surface area contributed by atoms with Crippen LogP contribution in [0.1, 0.15) is 43.0 Å². The van der Waals surface area contributed by atoms with Crippen LogP contribution in [0.15, 0.2) is 30.3 Å². The lowest BCUT2D eigenvalue weighted by Gasteiger charge is -2.03. The molecule has 4 nitrogen and oxygen atoms in total. The van der Waals surface area contributed by atoms with Gasteiger partial charge in [-0.1, -0.05) is 23.8 Å². The predicted molar refractivity (Wildman–Crippen MR) is 98.5 cm³/mol. The van der Waals surface area contributed by atoms with E-state index in [1.165, 1.54) is 0 Å². The Kier molecular flexibility index (Phi) is 6.75. The summed E-state index contributed by atoms with van der Waals surface area (Å²) in [5, 5.41) is 17.4. The van der Waals surface area contributed by atoms with Crippen LogP contribution in [0.3, 0.4) is 0 Å². The van der Waals surface area contributed by atoms with Gasteiger partial charge in [-0.05, 0) is 79.1 Å². The van der Waals surface area contributed by atoms with Gasteiger partial charge in [0.25, 0.3) is 0 Å². The van der Waals surface area contributed by atoms with Crippen LogP contribution in [0, 0.1) is 31.3 Å². The maximum Gasteiger partial charge on any atom is 0.335 e. The fourth-order valence-corrected chi connectivity index (χ4v) is 2.58. The zero-order valence-corrected chi connectivity index (χ0v) is 15.6. The van der Waals surface area contributed by atoms with Gasteiger partial charge in [0.15, 0.2) is 0 Å². The quantitative estimate of drug-likeness (QED) is 0.688. The molecule has 23 heavy (non-hydrogen) atoms. The Morgan fingerprint density at radius 1 is 0.783 bits per heavy atom. The summed E-state index contributed by atoms with van der Waals surface area (Å²) in [6.45, 7) is 7.53. The Morgan fingerprint density at radius 3 is 1.78 bits per heavy atom. The van der Waals surface area contributed by atoms with E-state index < -0.39 is 11.9 Å². The van der Waals surface area contributed by atoms with Gasteiger partial charge in [-0.15, -0.1) is 0 Å². The highest BCUT2D eigenvalue weighted by Gasteiger charge is 2.08. The zero-order chi connectivity index (χ0) is 17.7. The Labute approximate surface area is 149 Å². The number of carbonyl (C=O) groups is 2. The molecule has 2 N–H and O–H groups in total. The highest BCUT2D eigenvalue weighted by atomic mass is 127. The van der Waals surface area contributed by atoms with E-state index in [1.54, 1.807) is 25.1 Å². The molecule has 0 aliphatic carbocycles. The first-order chi connectivity index (χ1) is 10.6. The zero-order valence-electron chi connectivity index (χ0n) is 13.5. The smallest absolute Gasteiger partial charge is 0.335 e.